The van der Waals surface area contributed by atoms with Crippen molar-refractivity contribution in [2.75, 3.05) is 13.7 Å². The van der Waals surface area contributed by atoms with Gasteiger partial charge in [-0.25, -0.2) is 0 Å². The van der Waals surface area contributed by atoms with E-state index in [2.05, 4.69) is 5.32 Å². The Labute approximate surface area is 112 Å². The lowest BCUT2D eigenvalue weighted by Gasteiger charge is -2.28. The van der Waals surface area contributed by atoms with E-state index in [4.69, 9.17) is 10.5 Å². The number of hydrogen-bond donors (Lipinski definition) is 3. The summed E-state index contributed by atoms with van der Waals surface area (Å²) in [4.78, 5) is 12.2. The van der Waals surface area contributed by atoms with Gasteiger partial charge in [-0.15, -0.1) is 0 Å². The second-order valence-electron chi connectivity index (χ2n) is 5.03. The summed E-state index contributed by atoms with van der Waals surface area (Å²) in [6, 6.07) is 4.64. The zero-order chi connectivity index (χ0) is 13.9. The number of benzene rings is 1. The zero-order valence-corrected chi connectivity index (χ0v) is 11.1. The van der Waals surface area contributed by atoms with Crippen LogP contribution in [0.15, 0.2) is 18.2 Å². The van der Waals surface area contributed by atoms with Crippen molar-refractivity contribution in [3.05, 3.63) is 23.8 Å². The number of hydrogen-bond acceptors (Lipinski definition) is 4. The highest BCUT2D eigenvalue weighted by molar-refractivity contribution is 5.97. The predicted molar refractivity (Wildman–Crippen MR) is 72.4 cm³/mol. The highest BCUT2D eigenvalue weighted by Crippen LogP contribution is 2.30. The first kappa shape index (κ1) is 13.7. The SMILES string of the molecule is COc1ccc(C(=O)NC2(CN)CCCC2)c(O)c1. The molecule has 0 bridgehead atoms. The number of methoxy groups -OCH3 is 1. The number of nitrogens with two attached hydrogens (primary N) is 1. The fourth-order valence-corrected chi connectivity index (χ4v) is 2.57. The van der Waals surface area contributed by atoms with Gasteiger partial charge in [-0.3, -0.25) is 4.79 Å². The number of ether oxygens (including phenoxy) is 1. The van der Waals surface area contributed by atoms with Crippen molar-refractivity contribution in [3.8, 4) is 11.5 Å². The molecule has 1 fully saturated rings. The van der Waals surface area contributed by atoms with E-state index in [1.54, 1.807) is 12.1 Å². The number of amides is 1. The molecule has 0 aliphatic heterocycles. The highest BCUT2D eigenvalue weighted by Gasteiger charge is 2.34. The Balaban J connectivity index is 2.15. The standard InChI is InChI=1S/C14H20N2O3/c1-19-10-4-5-11(12(17)8-10)13(18)16-14(9-15)6-2-3-7-14/h4-5,8,17H,2-3,6-7,9,15H2,1H3,(H,16,18). The molecule has 0 aromatic heterocycles. The normalized spacial score (nSPS) is 17.2. The Morgan fingerprint density at radius 3 is 2.68 bits per heavy atom. The number of rotatable bonds is 4. The van der Waals surface area contributed by atoms with Crippen molar-refractivity contribution in [3.63, 3.8) is 0 Å². The van der Waals surface area contributed by atoms with Gasteiger partial charge in [-0.05, 0) is 25.0 Å². The van der Waals surface area contributed by atoms with Gasteiger partial charge in [0.05, 0.1) is 18.2 Å². The van der Waals surface area contributed by atoms with E-state index in [9.17, 15) is 9.90 Å². The summed E-state index contributed by atoms with van der Waals surface area (Å²) in [6.45, 7) is 0.426. The molecule has 1 aliphatic rings. The first-order chi connectivity index (χ1) is 9.10. The molecule has 0 unspecified atom stereocenters. The van der Waals surface area contributed by atoms with Crippen molar-refractivity contribution in [2.45, 2.75) is 31.2 Å². The molecule has 0 saturated heterocycles. The Hall–Kier alpha value is -1.75. The smallest absolute Gasteiger partial charge is 0.255 e. The van der Waals surface area contributed by atoms with Crippen LogP contribution in [0.25, 0.3) is 0 Å². The Morgan fingerprint density at radius 2 is 2.16 bits per heavy atom. The summed E-state index contributed by atoms with van der Waals surface area (Å²) in [5.74, 6) is 0.151. The van der Waals surface area contributed by atoms with Gasteiger partial charge in [-0.2, -0.15) is 0 Å². The maximum absolute atomic E-state index is 12.2. The van der Waals surface area contributed by atoms with Gasteiger partial charge < -0.3 is 20.9 Å². The molecule has 1 aliphatic carbocycles. The zero-order valence-electron chi connectivity index (χ0n) is 11.1. The van der Waals surface area contributed by atoms with Gasteiger partial charge in [0.1, 0.15) is 11.5 Å². The first-order valence-corrected chi connectivity index (χ1v) is 6.50. The van der Waals surface area contributed by atoms with E-state index >= 15 is 0 Å². The third-order valence-electron chi connectivity index (χ3n) is 3.78. The third-order valence-corrected chi connectivity index (χ3v) is 3.78. The van der Waals surface area contributed by atoms with Crippen LogP contribution in [0.2, 0.25) is 0 Å². The van der Waals surface area contributed by atoms with Crippen LogP contribution in [-0.4, -0.2) is 30.2 Å². The summed E-state index contributed by atoms with van der Waals surface area (Å²) >= 11 is 0. The van der Waals surface area contributed by atoms with E-state index in [0.717, 1.165) is 25.7 Å². The van der Waals surface area contributed by atoms with E-state index < -0.39 is 0 Å². The molecule has 0 heterocycles. The molecule has 5 nitrogen and oxygen atoms in total. The molecule has 0 spiro atoms. The summed E-state index contributed by atoms with van der Waals surface area (Å²) < 4.78 is 4.99. The fourth-order valence-electron chi connectivity index (χ4n) is 2.57. The van der Waals surface area contributed by atoms with Crippen LogP contribution in [0.4, 0.5) is 0 Å². The van der Waals surface area contributed by atoms with E-state index in [1.165, 1.54) is 13.2 Å². The summed E-state index contributed by atoms with van der Waals surface area (Å²) in [7, 11) is 1.51. The van der Waals surface area contributed by atoms with Crippen molar-refractivity contribution >= 4 is 5.91 Å². The number of carbonyl (C=O) groups excluding carboxylic acids is 1. The van der Waals surface area contributed by atoms with Crippen molar-refractivity contribution in [1.82, 2.24) is 5.32 Å². The second-order valence-corrected chi connectivity index (χ2v) is 5.03. The second kappa shape index (κ2) is 5.48. The number of phenolic OH excluding ortho intramolecular Hbond substituents is 1. The average molecular weight is 264 g/mol. The largest absolute Gasteiger partial charge is 0.507 e. The molecule has 1 aromatic rings. The molecule has 19 heavy (non-hydrogen) atoms. The Morgan fingerprint density at radius 1 is 1.47 bits per heavy atom. The van der Waals surface area contributed by atoms with Crippen molar-refractivity contribution in [2.24, 2.45) is 5.73 Å². The molecule has 0 atom stereocenters. The molecule has 1 amide bonds. The van der Waals surface area contributed by atoms with Crippen LogP contribution in [0.1, 0.15) is 36.0 Å². The quantitative estimate of drug-likeness (QED) is 0.767. The minimum atomic E-state index is -0.316. The molecular weight excluding hydrogens is 244 g/mol. The lowest BCUT2D eigenvalue weighted by molar-refractivity contribution is 0.0900. The molecular formula is C14H20N2O3. The summed E-state index contributed by atoms with van der Waals surface area (Å²) in [5, 5.41) is 12.8. The van der Waals surface area contributed by atoms with Crippen molar-refractivity contribution in [1.29, 1.82) is 0 Å². The van der Waals surface area contributed by atoms with Gasteiger partial charge >= 0.3 is 0 Å². The lowest BCUT2D eigenvalue weighted by Crippen LogP contribution is -2.51. The highest BCUT2D eigenvalue weighted by atomic mass is 16.5. The molecule has 1 saturated carbocycles. The van der Waals surface area contributed by atoms with Crippen molar-refractivity contribution < 1.29 is 14.6 Å². The molecule has 4 N–H and O–H groups in total. The minimum absolute atomic E-state index is 0.0815. The molecule has 1 aromatic carbocycles. The number of carbonyl (C=O) groups is 1. The summed E-state index contributed by atoms with van der Waals surface area (Å²) in [5.41, 5.74) is 5.72. The van der Waals surface area contributed by atoms with Crippen LogP contribution in [0, 0.1) is 0 Å². The number of aromatic hydroxyl groups is 1. The topological polar surface area (TPSA) is 84.6 Å². The average Bonchev–Trinajstić information content (AvgIpc) is 2.87. The Kier molecular flexibility index (Phi) is 3.95. The Bertz CT molecular complexity index is 468. The minimum Gasteiger partial charge on any atom is -0.507 e. The van der Waals surface area contributed by atoms with E-state index in [0.29, 0.717) is 12.3 Å². The predicted octanol–water partition coefficient (Wildman–Crippen LogP) is 1.40. The van der Waals surface area contributed by atoms with Gasteiger partial charge in [0.25, 0.3) is 5.91 Å². The van der Waals surface area contributed by atoms with Crippen LogP contribution < -0.4 is 15.8 Å². The van der Waals surface area contributed by atoms with Gasteiger partial charge in [0, 0.05) is 12.6 Å². The maximum atomic E-state index is 12.2. The number of phenols is 1. The van der Waals surface area contributed by atoms with Crippen LogP contribution >= 0.6 is 0 Å². The van der Waals surface area contributed by atoms with Gasteiger partial charge in [-0.1, -0.05) is 12.8 Å². The molecule has 2 rings (SSSR count). The van der Waals surface area contributed by atoms with Gasteiger partial charge in [0.2, 0.25) is 0 Å². The first-order valence-electron chi connectivity index (χ1n) is 6.50. The number of nitrogens with one attached hydrogen (secondary N) is 1. The molecule has 104 valence electrons. The van der Waals surface area contributed by atoms with E-state index in [1.807, 2.05) is 0 Å². The lowest BCUT2D eigenvalue weighted by atomic mass is 9.97. The maximum Gasteiger partial charge on any atom is 0.255 e. The fraction of sp³-hybridized carbons (Fsp3) is 0.500. The van der Waals surface area contributed by atoms with Crippen LogP contribution in [0.3, 0.4) is 0 Å². The van der Waals surface area contributed by atoms with E-state index in [-0.39, 0.29) is 22.8 Å². The van der Waals surface area contributed by atoms with Crippen LogP contribution in [-0.2, 0) is 0 Å². The monoisotopic (exact) mass is 264 g/mol. The third kappa shape index (κ3) is 2.81. The van der Waals surface area contributed by atoms with Gasteiger partial charge in [0.15, 0.2) is 0 Å². The summed E-state index contributed by atoms with van der Waals surface area (Å²) in [6.07, 6.45) is 3.94. The molecule has 0 radical (unpaired) electrons. The molecule has 5 heteroatoms. The van der Waals surface area contributed by atoms with Crippen LogP contribution in [0.5, 0.6) is 11.5 Å².